The zero-order chi connectivity index (χ0) is 20.8. The molecular weight excluding hydrogens is 384 g/mol. The van der Waals surface area contributed by atoms with Gasteiger partial charge in [0.2, 0.25) is 0 Å². The number of carbonyl (C=O) groups excluding carboxylic acids is 1. The molecule has 0 saturated heterocycles. The fourth-order valence-electron chi connectivity index (χ4n) is 3.61. The van der Waals surface area contributed by atoms with E-state index in [2.05, 4.69) is 0 Å². The van der Waals surface area contributed by atoms with E-state index in [9.17, 15) is 13.2 Å². The van der Waals surface area contributed by atoms with Gasteiger partial charge >= 0.3 is 6.03 Å². The molecule has 0 unspecified atom stereocenters. The van der Waals surface area contributed by atoms with Crippen LogP contribution in [0.5, 0.6) is 0 Å². The van der Waals surface area contributed by atoms with Gasteiger partial charge in [-0.25, -0.2) is 13.2 Å². The molecule has 0 spiro atoms. The van der Waals surface area contributed by atoms with Gasteiger partial charge in [-0.05, 0) is 61.2 Å². The van der Waals surface area contributed by atoms with Crippen molar-refractivity contribution in [3.63, 3.8) is 0 Å². The normalized spacial score (nSPS) is 15.3. The molecule has 0 saturated carbocycles. The van der Waals surface area contributed by atoms with Gasteiger partial charge in [-0.2, -0.15) is 4.31 Å². The van der Waals surface area contributed by atoms with Crippen LogP contribution in [-0.4, -0.2) is 14.4 Å². The van der Waals surface area contributed by atoms with Crippen LogP contribution < -0.4 is 9.21 Å². The third kappa shape index (κ3) is 3.09. The predicted molar refractivity (Wildman–Crippen MR) is 115 cm³/mol. The molecule has 0 N–H and O–H groups in total. The van der Waals surface area contributed by atoms with Crippen molar-refractivity contribution in [3.8, 4) is 0 Å². The first-order chi connectivity index (χ1) is 13.8. The molecule has 148 valence electrons. The van der Waals surface area contributed by atoms with Crippen molar-refractivity contribution in [3.05, 3.63) is 89.0 Å². The van der Waals surface area contributed by atoms with Crippen LogP contribution in [0.25, 0.3) is 0 Å². The number of carbonyl (C=O) groups is 1. The van der Waals surface area contributed by atoms with Crippen LogP contribution in [0.3, 0.4) is 0 Å². The lowest BCUT2D eigenvalue weighted by Gasteiger charge is -2.37. The molecule has 6 heteroatoms. The number of hydrogen-bond donors (Lipinski definition) is 0. The number of hydrogen-bond acceptors (Lipinski definition) is 3. The second-order valence-electron chi connectivity index (χ2n) is 7.25. The summed E-state index contributed by atoms with van der Waals surface area (Å²) in [5.74, 6) is 0. The molecule has 0 radical (unpaired) electrons. The van der Waals surface area contributed by atoms with Gasteiger partial charge in [0.25, 0.3) is 10.0 Å². The second kappa shape index (κ2) is 7.04. The maximum absolute atomic E-state index is 13.6. The fraction of sp³-hybridized carbons (Fsp3) is 0.174. The van der Waals surface area contributed by atoms with Crippen LogP contribution in [0.4, 0.5) is 16.2 Å². The predicted octanol–water partition coefficient (Wildman–Crippen LogP) is 4.95. The minimum atomic E-state index is -4.02. The molecule has 1 heterocycles. The molecule has 3 aromatic rings. The van der Waals surface area contributed by atoms with Crippen molar-refractivity contribution in [2.45, 2.75) is 32.2 Å². The van der Waals surface area contributed by atoms with Crippen LogP contribution in [0.2, 0.25) is 0 Å². The van der Waals surface area contributed by atoms with Gasteiger partial charge in [0, 0.05) is 0 Å². The Morgan fingerprint density at radius 3 is 2.14 bits per heavy atom. The molecule has 4 rings (SSSR count). The zero-order valence-electron chi connectivity index (χ0n) is 16.6. The summed E-state index contributed by atoms with van der Waals surface area (Å²) >= 11 is 0. The quantitative estimate of drug-likeness (QED) is 0.619. The fourth-order valence-corrected chi connectivity index (χ4v) is 5.26. The monoisotopic (exact) mass is 406 g/mol. The Balaban J connectivity index is 1.92. The third-order valence-corrected chi connectivity index (χ3v) is 7.20. The smallest absolute Gasteiger partial charge is 0.287 e. The average Bonchev–Trinajstić information content (AvgIpc) is 2.70. The molecular formula is C23H22N2O3S. The summed E-state index contributed by atoms with van der Waals surface area (Å²) in [5, 5.41) is 0. The first kappa shape index (κ1) is 19.2. The molecule has 0 atom stereocenters. The van der Waals surface area contributed by atoms with Gasteiger partial charge < -0.3 is 0 Å². The molecule has 1 aliphatic rings. The Morgan fingerprint density at radius 2 is 1.38 bits per heavy atom. The molecule has 29 heavy (non-hydrogen) atoms. The number of amides is 2. The Bertz CT molecular complexity index is 1220. The first-order valence-electron chi connectivity index (χ1n) is 9.39. The first-order valence-corrected chi connectivity index (χ1v) is 10.8. The summed E-state index contributed by atoms with van der Waals surface area (Å²) in [6, 6.07) is 19.2. The number of sulfonamides is 1. The Labute approximate surface area is 171 Å². The lowest BCUT2D eigenvalue weighted by Crippen LogP contribution is -2.51. The third-order valence-electron chi connectivity index (χ3n) is 5.46. The number of rotatable bonds is 3. The van der Waals surface area contributed by atoms with Gasteiger partial charge in [-0.15, -0.1) is 0 Å². The minimum Gasteiger partial charge on any atom is -0.287 e. The van der Waals surface area contributed by atoms with E-state index < -0.39 is 16.1 Å². The number of nitrogens with zero attached hydrogens (tertiary/aromatic N) is 2. The van der Waals surface area contributed by atoms with Crippen LogP contribution in [-0.2, 0) is 16.6 Å². The van der Waals surface area contributed by atoms with E-state index in [-0.39, 0.29) is 4.90 Å². The lowest BCUT2D eigenvalue weighted by atomic mass is 10.1. The topological polar surface area (TPSA) is 57.7 Å². The van der Waals surface area contributed by atoms with Crippen molar-refractivity contribution in [2.24, 2.45) is 0 Å². The maximum Gasteiger partial charge on any atom is 0.343 e. The summed E-state index contributed by atoms with van der Waals surface area (Å²) in [6.45, 7) is 6.01. The van der Waals surface area contributed by atoms with Crippen LogP contribution in [0, 0.1) is 20.8 Å². The van der Waals surface area contributed by atoms with Crippen molar-refractivity contribution < 1.29 is 13.2 Å². The number of para-hydroxylation sites is 1. The molecule has 5 nitrogen and oxygen atoms in total. The van der Waals surface area contributed by atoms with Gasteiger partial charge in [0.05, 0.1) is 17.9 Å². The molecule has 0 bridgehead atoms. The van der Waals surface area contributed by atoms with E-state index >= 15 is 0 Å². The van der Waals surface area contributed by atoms with Gasteiger partial charge in [-0.1, -0.05) is 48.5 Å². The van der Waals surface area contributed by atoms with Crippen molar-refractivity contribution in [2.75, 3.05) is 9.21 Å². The van der Waals surface area contributed by atoms with Crippen LogP contribution >= 0.6 is 0 Å². The number of benzene rings is 3. The summed E-state index contributed by atoms with van der Waals surface area (Å²) in [7, 11) is -4.02. The Hall–Kier alpha value is -3.12. The summed E-state index contributed by atoms with van der Waals surface area (Å²) in [4.78, 5) is 15.2. The van der Waals surface area contributed by atoms with Crippen molar-refractivity contribution >= 4 is 27.4 Å². The Kier molecular flexibility index (Phi) is 4.67. The number of fused-ring (bicyclic) bond motifs is 1. The highest BCUT2D eigenvalue weighted by atomic mass is 32.2. The standard InChI is InChI=1S/C23H22N2O3S/c1-16-10-8-13-20(18(16)3)25-23(26)24(15-19-11-5-4-9-17(19)2)21-12-6-7-14-22(21)29(25,27)28/h4-14H,15H2,1-3H3. The summed E-state index contributed by atoms with van der Waals surface area (Å²) in [6.07, 6.45) is 0. The molecule has 0 fully saturated rings. The maximum atomic E-state index is 13.6. The molecule has 2 amide bonds. The van der Waals surface area contributed by atoms with Crippen molar-refractivity contribution in [1.82, 2.24) is 0 Å². The average molecular weight is 407 g/mol. The highest BCUT2D eigenvalue weighted by Gasteiger charge is 2.43. The van der Waals surface area contributed by atoms with Gasteiger partial charge in [-0.3, -0.25) is 4.90 Å². The lowest BCUT2D eigenvalue weighted by molar-refractivity contribution is 0.253. The van der Waals surface area contributed by atoms with Crippen LogP contribution in [0.15, 0.2) is 71.6 Å². The highest BCUT2D eigenvalue weighted by Crippen LogP contribution is 2.39. The van der Waals surface area contributed by atoms with Gasteiger partial charge in [0.15, 0.2) is 0 Å². The summed E-state index contributed by atoms with van der Waals surface area (Å²) < 4.78 is 27.8. The molecule has 0 aromatic heterocycles. The molecule has 0 aliphatic carbocycles. The SMILES string of the molecule is Cc1ccccc1CN1C(=O)N(c2cccc(C)c2C)S(=O)(=O)c2ccccc21. The Morgan fingerprint density at radius 1 is 0.759 bits per heavy atom. The molecule has 3 aromatic carbocycles. The van der Waals surface area contributed by atoms with E-state index in [1.807, 2.05) is 51.1 Å². The number of anilines is 2. The van der Waals surface area contributed by atoms with E-state index in [1.54, 1.807) is 41.3 Å². The van der Waals surface area contributed by atoms with Crippen molar-refractivity contribution in [1.29, 1.82) is 0 Å². The van der Waals surface area contributed by atoms with E-state index in [0.29, 0.717) is 17.9 Å². The minimum absolute atomic E-state index is 0.133. The second-order valence-corrected chi connectivity index (χ2v) is 9.01. The van der Waals surface area contributed by atoms with E-state index in [4.69, 9.17) is 0 Å². The summed E-state index contributed by atoms with van der Waals surface area (Å²) in [5.41, 5.74) is 4.50. The van der Waals surface area contributed by atoms with E-state index in [0.717, 1.165) is 26.6 Å². The number of urea groups is 1. The highest BCUT2D eigenvalue weighted by molar-refractivity contribution is 7.94. The molecule has 1 aliphatic heterocycles. The number of aryl methyl sites for hydroxylation is 2. The van der Waals surface area contributed by atoms with Gasteiger partial charge in [0.1, 0.15) is 4.90 Å². The zero-order valence-corrected chi connectivity index (χ0v) is 17.4. The largest absolute Gasteiger partial charge is 0.343 e. The van der Waals surface area contributed by atoms with Crippen LogP contribution in [0.1, 0.15) is 22.3 Å². The van der Waals surface area contributed by atoms with E-state index in [1.165, 1.54) is 0 Å².